The van der Waals surface area contributed by atoms with Crippen LogP contribution >= 0.6 is 0 Å². The van der Waals surface area contributed by atoms with E-state index in [4.69, 9.17) is 0 Å². The van der Waals surface area contributed by atoms with Crippen molar-refractivity contribution in [1.29, 1.82) is 0 Å². The maximum atomic E-state index is 13.0. The van der Waals surface area contributed by atoms with E-state index in [-0.39, 0.29) is 11.8 Å². The maximum Gasteiger partial charge on any atom is 0.272 e. The Labute approximate surface area is 158 Å². The highest BCUT2D eigenvalue weighted by atomic mass is 16.2. The number of fused-ring (bicyclic) bond motifs is 1. The van der Waals surface area contributed by atoms with Crippen LogP contribution in [0.25, 0.3) is 11.4 Å². The molecule has 146 valence electrons. The van der Waals surface area contributed by atoms with E-state index < -0.39 is 11.5 Å². The molecular formula is C18H27N7O2. The highest BCUT2D eigenvalue weighted by Gasteiger charge is 2.34. The molecule has 0 aromatic carbocycles. The molecule has 3 rings (SSSR count). The Morgan fingerprint density at radius 3 is 2.67 bits per heavy atom. The van der Waals surface area contributed by atoms with Crippen molar-refractivity contribution in [3.05, 3.63) is 23.8 Å². The number of carbonyl (C=O) groups excluding carboxylic acids is 2. The third-order valence-electron chi connectivity index (χ3n) is 4.71. The number of nitrogens with one attached hydrogen (secondary N) is 3. The topological polar surface area (TPSA) is 106 Å². The van der Waals surface area contributed by atoms with Gasteiger partial charge in [-0.1, -0.05) is 20.8 Å². The Balaban J connectivity index is 1.97. The number of aryl methyl sites for hydroxylation is 1. The van der Waals surface area contributed by atoms with Gasteiger partial charge >= 0.3 is 0 Å². The smallest absolute Gasteiger partial charge is 0.272 e. The molecule has 1 aliphatic rings. The zero-order valence-corrected chi connectivity index (χ0v) is 16.5. The zero-order valence-electron chi connectivity index (χ0n) is 16.5. The van der Waals surface area contributed by atoms with Crippen molar-refractivity contribution >= 4 is 11.8 Å². The number of hydrogen-bond donors (Lipinski definition) is 3. The Morgan fingerprint density at radius 1 is 1.33 bits per heavy atom. The quantitative estimate of drug-likeness (QED) is 0.714. The van der Waals surface area contributed by atoms with Gasteiger partial charge < -0.3 is 20.5 Å². The summed E-state index contributed by atoms with van der Waals surface area (Å²) >= 11 is 0. The molecule has 0 spiro atoms. The highest BCUT2D eigenvalue weighted by Crippen LogP contribution is 2.25. The molecule has 2 aromatic heterocycles. The lowest BCUT2D eigenvalue weighted by atomic mass is 9.86. The molecule has 0 saturated carbocycles. The first kappa shape index (κ1) is 19.1. The van der Waals surface area contributed by atoms with Crippen LogP contribution in [-0.4, -0.2) is 50.8 Å². The van der Waals surface area contributed by atoms with E-state index in [2.05, 4.69) is 30.6 Å². The molecule has 27 heavy (non-hydrogen) atoms. The van der Waals surface area contributed by atoms with Gasteiger partial charge in [-0.25, -0.2) is 4.98 Å². The third-order valence-corrected chi connectivity index (χ3v) is 4.71. The molecule has 0 bridgehead atoms. The Kier molecular flexibility index (Phi) is 5.05. The molecule has 1 atom stereocenters. The molecule has 0 fully saturated rings. The fourth-order valence-electron chi connectivity index (χ4n) is 3.26. The first-order valence-electron chi connectivity index (χ1n) is 9.04. The van der Waals surface area contributed by atoms with Crippen LogP contribution in [0.5, 0.6) is 0 Å². The van der Waals surface area contributed by atoms with Gasteiger partial charge in [0, 0.05) is 39.9 Å². The molecule has 3 heterocycles. The first-order valence-corrected chi connectivity index (χ1v) is 9.04. The SMILES string of the molecule is CNC(=O)C(NC(=O)c1nc(-c2cnn(C)c2)n2c1CNCC2)C(C)(C)C. The van der Waals surface area contributed by atoms with Crippen LogP contribution in [0.2, 0.25) is 0 Å². The van der Waals surface area contributed by atoms with Crippen molar-refractivity contribution < 1.29 is 9.59 Å². The Bertz CT molecular complexity index is 860. The van der Waals surface area contributed by atoms with Crippen LogP contribution < -0.4 is 16.0 Å². The summed E-state index contributed by atoms with van der Waals surface area (Å²) in [4.78, 5) is 29.9. The van der Waals surface area contributed by atoms with Crippen LogP contribution in [0.4, 0.5) is 0 Å². The summed E-state index contributed by atoms with van der Waals surface area (Å²) in [5.41, 5.74) is 1.60. The lowest BCUT2D eigenvalue weighted by molar-refractivity contribution is -0.124. The molecule has 0 saturated heterocycles. The van der Waals surface area contributed by atoms with E-state index in [0.717, 1.165) is 30.2 Å². The Morgan fingerprint density at radius 2 is 2.07 bits per heavy atom. The molecule has 0 radical (unpaired) electrons. The van der Waals surface area contributed by atoms with Crippen molar-refractivity contribution in [1.82, 2.24) is 35.3 Å². The fourth-order valence-corrected chi connectivity index (χ4v) is 3.26. The molecule has 1 aliphatic heterocycles. The highest BCUT2D eigenvalue weighted by molar-refractivity contribution is 5.97. The van der Waals surface area contributed by atoms with E-state index in [1.807, 2.05) is 34.0 Å². The van der Waals surface area contributed by atoms with Crippen molar-refractivity contribution in [2.75, 3.05) is 13.6 Å². The largest absolute Gasteiger partial charge is 0.357 e. The van der Waals surface area contributed by atoms with Gasteiger partial charge in [-0.05, 0) is 5.41 Å². The molecule has 9 heteroatoms. The minimum absolute atomic E-state index is 0.227. The summed E-state index contributed by atoms with van der Waals surface area (Å²) in [5.74, 6) is 0.146. The number of carbonyl (C=O) groups is 2. The number of hydrogen-bond acceptors (Lipinski definition) is 5. The number of amides is 2. The molecule has 2 amide bonds. The number of rotatable bonds is 4. The molecule has 2 aromatic rings. The second-order valence-corrected chi connectivity index (χ2v) is 7.85. The van der Waals surface area contributed by atoms with Crippen LogP contribution in [0.15, 0.2) is 12.4 Å². The first-order chi connectivity index (χ1) is 12.7. The van der Waals surface area contributed by atoms with E-state index in [0.29, 0.717) is 12.2 Å². The van der Waals surface area contributed by atoms with Crippen LogP contribution in [0.3, 0.4) is 0 Å². The lowest BCUT2D eigenvalue weighted by Gasteiger charge is -2.29. The number of imidazole rings is 1. The van der Waals surface area contributed by atoms with Gasteiger partial charge in [0.05, 0.1) is 17.5 Å². The third kappa shape index (κ3) is 3.73. The standard InChI is InChI=1S/C18H27N7O2/c1-18(2,3)14(17(27)19-4)23-16(26)13-12-9-20-6-7-25(12)15(22-13)11-8-21-24(5)10-11/h8,10,14,20H,6-7,9H2,1-5H3,(H,19,27)(H,23,26). The van der Waals surface area contributed by atoms with Crippen LogP contribution in [0, 0.1) is 5.41 Å². The van der Waals surface area contributed by atoms with Gasteiger partial charge in [0.1, 0.15) is 11.9 Å². The van der Waals surface area contributed by atoms with E-state index in [9.17, 15) is 9.59 Å². The predicted molar refractivity (Wildman–Crippen MR) is 101 cm³/mol. The fraction of sp³-hybridized carbons (Fsp3) is 0.556. The molecule has 3 N–H and O–H groups in total. The van der Waals surface area contributed by atoms with Gasteiger partial charge in [-0.15, -0.1) is 0 Å². The average molecular weight is 373 g/mol. The number of nitrogens with zero attached hydrogens (tertiary/aromatic N) is 4. The molecule has 1 unspecified atom stereocenters. The molecular weight excluding hydrogens is 346 g/mol. The summed E-state index contributed by atoms with van der Waals surface area (Å²) in [7, 11) is 3.41. The van der Waals surface area contributed by atoms with E-state index >= 15 is 0 Å². The summed E-state index contributed by atoms with van der Waals surface area (Å²) in [6, 6.07) is -0.661. The number of aromatic nitrogens is 4. The second-order valence-electron chi connectivity index (χ2n) is 7.85. The molecule has 0 aliphatic carbocycles. The van der Waals surface area contributed by atoms with Crippen molar-refractivity contribution in [3.63, 3.8) is 0 Å². The lowest BCUT2D eigenvalue weighted by Crippen LogP contribution is -2.53. The van der Waals surface area contributed by atoms with Crippen molar-refractivity contribution in [2.45, 2.75) is 39.9 Å². The van der Waals surface area contributed by atoms with E-state index in [1.165, 1.54) is 0 Å². The van der Waals surface area contributed by atoms with Gasteiger partial charge in [-0.2, -0.15) is 5.10 Å². The summed E-state index contributed by atoms with van der Waals surface area (Å²) in [6.07, 6.45) is 3.61. The predicted octanol–water partition coefficient (Wildman–Crippen LogP) is 0.277. The molecule has 9 nitrogen and oxygen atoms in total. The normalized spacial score (nSPS) is 15.1. The van der Waals surface area contributed by atoms with Crippen LogP contribution in [0.1, 0.15) is 37.0 Å². The minimum Gasteiger partial charge on any atom is -0.357 e. The summed E-state index contributed by atoms with van der Waals surface area (Å²) < 4.78 is 3.76. The van der Waals surface area contributed by atoms with Crippen molar-refractivity contribution in [3.8, 4) is 11.4 Å². The summed E-state index contributed by atoms with van der Waals surface area (Å²) in [5, 5.41) is 13.0. The van der Waals surface area contributed by atoms with E-state index in [1.54, 1.807) is 17.9 Å². The monoisotopic (exact) mass is 373 g/mol. The minimum atomic E-state index is -0.661. The second kappa shape index (κ2) is 7.15. The van der Waals surface area contributed by atoms with Crippen LogP contribution in [-0.2, 0) is 24.9 Å². The number of likely N-dealkylation sites (N-methyl/N-ethyl adjacent to an activating group) is 1. The van der Waals surface area contributed by atoms with Crippen molar-refractivity contribution in [2.24, 2.45) is 12.5 Å². The Hall–Kier alpha value is -2.68. The summed E-state index contributed by atoms with van der Waals surface area (Å²) in [6.45, 7) is 7.82. The van der Waals surface area contributed by atoms with Gasteiger partial charge in [0.15, 0.2) is 5.69 Å². The van der Waals surface area contributed by atoms with Gasteiger partial charge in [0.2, 0.25) is 5.91 Å². The maximum absolute atomic E-state index is 13.0. The average Bonchev–Trinajstić information content (AvgIpc) is 3.21. The van der Waals surface area contributed by atoms with Gasteiger partial charge in [-0.3, -0.25) is 14.3 Å². The zero-order chi connectivity index (χ0) is 19.8. The van der Waals surface area contributed by atoms with Gasteiger partial charge in [0.25, 0.3) is 5.91 Å².